The standard InChI is InChI=1S/C10H15N5O/c11-8-1-2-9(14-13-8)15-5-3-7(4-6-15)10(12)16/h1-2,7H,3-6H2,(H2,11,13)(H2,12,16). The molecular weight excluding hydrogens is 206 g/mol. The van der Waals surface area contributed by atoms with Crippen molar-refractivity contribution < 1.29 is 4.79 Å². The van der Waals surface area contributed by atoms with E-state index in [1.807, 2.05) is 6.07 Å². The first-order chi connectivity index (χ1) is 7.66. The van der Waals surface area contributed by atoms with Gasteiger partial charge in [-0.2, -0.15) is 0 Å². The lowest BCUT2D eigenvalue weighted by Gasteiger charge is -2.30. The third kappa shape index (κ3) is 2.21. The summed E-state index contributed by atoms with van der Waals surface area (Å²) in [7, 11) is 0. The Bertz CT molecular complexity index is 369. The molecule has 1 aliphatic rings. The molecule has 1 fully saturated rings. The Morgan fingerprint density at radius 3 is 2.50 bits per heavy atom. The molecular formula is C10H15N5O. The maximum atomic E-state index is 11.0. The molecule has 0 bridgehead atoms. The highest BCUT2D eigenvalue weighted by atomic mass is 16.1. The van der Waals surface area contributed by atoms with Crippen molar-refractivity contribution in [3.05, 3.63) is 12.1 Å². The number of aromatic nitrogens is 2. The maximum absolute atomic E-state index is 11.0. The third-order valence-corrected chi connectivity index (χ3v) is 2.89. The summed E-state index contributed by atoms with van der Waals surface area (Å²) in [5.74, 6) is 1.01. The van der Waals surface area contributed by atoms with Crippen LogP contribution in [-0.4, -0.2) is 29.2 Å². The number of nitrogens with zero attached hydrogens (tertiary/aromatic N) is 3. The molecule has 1 saturated heterocycles. The van der Waals surface area contributed by atoms with Crippen molar-refractivity contribution in [1.82, 2.24) is 10.2 Å². The quantitative estimate of drug-likeness (QED) is 0.718. The molecule has 0 radical (unpaired) electrons. The van der Waals surface area contributed by atoms with Crippen LogP contribution in [-0.2, 0) is 4.79 Å². The number of carbonyl (C=O) groups is 1. The molecule has 2 rings (SSSR count). The molecule has 0 atom stereocenters. The first-order valence-electron chi connectivity index (χ1n) is 5.30. The summed E-state index contributed by atoms with van der Waals surface area (Å²) in [6.07, 6.45) is 1.56. The van der Waals surface area contributed by atoms with Crippen LogP contribution in [0.25, 0.3) is 0 Å². The van der Waals surface area contributed by atoms with E-state index in [2.05, 4.69) is 15.1 Å². The number of anilines is 2. The first-order valence-corrected chi connectivity index (χ1v) is 5.30. The molecule has 6 heteroatoms. The second-order valence-electron chi connectivity index (χ2n) is 3.98. The Morgan fingerprint density at radius 2 is 2.00 bits per heavy atom. The zero-order valence-corrected chi connectivity index (χ0v) is 8.97. The summed E-state index contributed by atoms with van der Waals surface area (Å²) in [6, 6.07) is 3.56. The minimum absolute atomic E-state index is 0.00186. The summed E-state index contributed by atoms with van der Waals surface area (Å²) >= 11 is 0. The molecule has 1 aliphatic heterocycles. The van der Waals surface area contributed by atoms with E-state index in [1.54, 1.807) is 6.07 Å². The predicted molar refractivity (Wildman–Crippen MR) is 60.6 cm³/mol. The zero-order chi connectivity index (χ0) is 11.5. The van der Waals surface area contributed by atoms with Crippen LogP contribution in [0.3, 0.4) is 0 Å². The second kappa shape index (κ2) is 4.34. The van der Waals surface area contributed by atoms with Gasteiger partial charge in [-0.3, -0.25) is 4.79 Å². The van der Waals surface area contributed by atoms with Crippen LogP contribution in [0, 0.1) is 5.92 Å². The van der Waals surface area contributed by atoms with Gasteiger partial charge in [0.25, 0.3) is 0 Å². The smallest absolute Gasteiger partial charge is 0.220 e. The number of hydrogen-bond acceptors (Lipinski definition) is 5. The van der Waals surface area contributed by atoms with Crippen molar-refractivity contribution in [3.8, 4) is 0 Å². The number of hydrogen-bond donors (Lipinski definition) is 2. The minimum atomic E-state index is -0.206. The number of amides is 1. The van der Waals surface area contributed by atoms with E-state index in [1.165, 1.54) is 0 Å². The van der Waals surface area contributed by atoms with Gasteiger partial charge in [0.15, 0.2) is 5.82 Å². The molecule has 0 saturated carbocycles. The summed E-state index contributed by atoms with van der Waals surface area (Å²) in [4.78, 5) is 13.1. The molecule has 0 spiro atoms. The molecule has 0 unspecified atom stereocenters. The van der Waals surface area contributed by atoms with Gasteiger partial charge in [0, 0.05) is 19.0 Å². The Hall–Kier alpha value is -1.85. The molecule has 1 aromatic rings. The first kappa shape index (κ1) is 10.7. The van der Waals surface area contributed by atoms with Gasteiger partial charge in [-0.25, -0.2) is 0 Å². The lowest BCUT2D eigenvalue weighted by Crippen LogP contribution is -2.39. The molecule has 6 nitrogen and oxygen atoms in total. The van der Waals surface area contributed by atoms with E-state index in [9.17, 15) is 4.79 Å². The molecule has 86 valence electrons. The van der Waals surface area contributed by atoms with Crippen LogP contribution in [0.4, 0.5) is 11.6 Å². The van der Waals surface area contributed by atoms with Gasteiger partial charge in [0.1, 0.15) is 5.82 Å². The van der Waals surface area contributed by atoms with E-state index in [4.69, 9.17) is 11.5 Å². The Balaban J connectivity index is 1.99. The maximum Gasteiger partial charge on any atom is 0.220 e. The number of primary amides is 1. The third-order valence-electron chi connectivity index (χ3n) is 2.89. The van der Waals surface area contributed by atoms with Gasteiger partial charge in [0.2, 0.25) is 5.91 Å². The van der Waals surface area contributed by atoms with Crippen molar-refractivity contribution in [2.24, 2.45) is 11.7 Å². The summed E-state index contributed by atoms with van der Waals surface area (Å²) in [6.45, 7) is 1.57. The van der Waals surface area contributed by atoms with E-state index < -0.39 is 0 Å². The van der Waals surface area contributed by atoms with E-state index >= 15 is 0 Å². The number of nitrogen functional groups attached to an aromatic ring is 1. The summed E-state index contributed by atoms with van der Waals surface area (Å²) in [5, 5.41) is 7.81. The molecule has 1 aromatic heterocycles. The lowest BCUT2D eigenvalue weighted by molar-refractivity contribution is -0.122. The fraction of sp³-hybridized carbons (Fsp3) is 0.500. The van der Waals surface area contributed by atoms with Crippen LogP contribution in [0.1, 0.15) is 12.8 Å². The van der Waals surface area contributed by atoms with Crippen LogP contribution in [0.15, 0.2) is 12.1 Å². The number of carbonyl (C=O) groups excluding carboxylic acids is 1. The van der Waals surface area contributed by atoms with Crippen LogP contribution in [0.2, 0.25) is 0 Å². The molecule has 16 heavy (non-hydrogen) atoms. The summed E-state index contributed by atoms with van der Waals surface area (Å²) in [5.41, 5.74) is 10.7. The number of nitrogens with two attached hydrogens (primary N) is 2. The highest BCUT2D eigenvalue weighted by Crippen LogP contribution is 2.21. The van der Waals surface area contributed by atoms with Gasteiger partial charge in [0.05, 0.1) is 0 Å². The van der Waals surface area contributed by atoms with Gasteiger partial charge in [-0.1, -0.05) is 0 Å². The van der Waals surface area contributed by atoms with Crippen molar-refractivity contribution in [1.29, 1.82) is 0 Å². The molecule has 0 aromatic carbocycles. The fourth-order valence-electron chi connectivity index (χ4n) is 1.90. The van der Waals surface area contributed by atoms with Gasteiger partial charge >= 0.3 is 0 Å². The van der Waals surface area contributed by atoms with E-state index in [-0.39, 0.29) is 11.8 Å². The van der Waals surface area contributed by atoms with Crippen molar-refractivity contribution >= 4 is 17.5 Å². The average Bonchev–Trinajstić information content (AvgIpc) is 2.30. The number of rotatable bonds is 2. The average molecular weight is 221 g/mol. The SMILES string of the molecule is NC(=O)C1CCN(c2ccc(N)nn2)CC1. The van der Waals surface area contributed by atoms with E-state index in [0.717, 1.165) is 31.7 Å². The predicted octanol–water partition coefficient (Wildman–Crippen LogP) is -0.240. The molecule has 4 N–H and O–H groups in total. The lowest BCUT2D eigenvalue weighted by atomic mass is 9.96. The minimum Gasteiger partial charge on any atom is -0.382 e. The van der Waals surface area contributed by atoms with Gasteiger partial charge in [-0.15, -0.1) is 10.2 Å². The topological polar surface area (TPSA) is 98.1 Å². The Labute approximate surface area is 93.6 Å². The Morgan fingerprint density at radius 1 is 1.31 bits per heavy atom. The van der Waals surface area contributed by atoms with Crippen molar-refractivity contribution in [3.63, 3.8) is 0 Å². The molecule has 2 heterocycles. The van der Waals surface area contributed by atoms with Crippen LogP contribution in [0.5, 0.6) is 0 Å². The highest BCUT2D eigenvalue weighted by molar-refractivity contribution is 5.76. The Kier molecular flexibility index (Phi) is 2.89. The number of piperidine rings is 1. The fourth-order valence-corrected chi connectivity index (χ4v) is 1.90. The van der Waals surface area contributed by atoms with Gasteiger partial charge in [-0.05, 0) is 25.0 Å². The van der Waals surface area contributed by atoms with Crippen LogP contribution < -0.4 is 16.4 Å². The second-order valence-corrected chi connectivity index (χ2v) is 3.98. The summed E-state index contributed by atoms with van der Waals surface area (Å²) < 4.78 is 0. The largest absolute Gasteiger partial charge is 0.382 e. The van der Waals surface area contributed by atoms with Crippen molar-refractivity contribution in [2.45, 2.75) is 12.8 Å². The van der Waals surface area contributed by atoms with Crippen LogP contribution >= 0.6 is 0 Å². The monoisotopic (exact) mass is 221 g/mol. The van der Waals surface area contributed by atoms with Gasteiger partial charge < -0.3 is 16.4 Å². The van der Waals surface area contributed by atoms with E-state index in [0.29, 0.717) is 5.82 Å². The van der Waals surface area contributed by atoms with Crippen molar-refractivity contribution in [2.75, 3.05) is 23.7 Å². The molecule has 1 amide bonds. The normalized spacial score (nSPS) is 17.4. The zero-order valence-electron chi connectivity index (χ0n) is 8.97. The highest BCUT2D eigenvalue weighted by Gasteiger charge is 2.23. The molecule has 0 aliphatic carbocycles.